The molecule has 0 saturated heterocycles. The minimum absolute atomic E-state index is 0.142. The minimum atomic E-state index is -1.42. The molecule has 0 aliphatic rings. The van der Waals surface area contributed by atoms with Crippen LogP contribution in [0, 0.1) is 17.5 Å². The number of aromatic carboxylic acids is 1. The van der Waals surface area contributed by atoms with E-state index in [1.165, 1.54) is 12.1 Å². The zero-order valence-corrected chi connectivity index (χ0v) is 8.95. The van der Waals surface area contributed by atoms with Gasteiger partial charge in [-0.25, -0.2) is 18.0 Å². The molecule has 0 saturated carbocycles. The van der Waals surface area contributed by atoms with Gasteiger partial charge < -0.3 is 5.11 Å². The van der Waals surface area contributed by atoms with Crippen molar-refractivity contribution in [2.75, 3.05) is 0 Å². The second kappa shape index (κ2) is 4.52. The smallest absolute Gasteiger partial charge is 0.335 e. The molecule has 0 bridgehead atoms. The van der Waals surface area contributed by atoms with E-state index in [1.807, 2.05) is 0 Å². The van der Waals surface area contributed by atoms with E-state index in [0.717, 1.165) is 24.3 Å². The first-order valence-corrected chi connectivity index (χ1v) is 4.97. The van der Waals surface area contributed by atoms with Crippen LogP contribution in [0.4, 0.5) is 13.2 Å². The third kappa shape index (κ3) is 2.20. The first kappa shape index (κ1) is 12.2. The summed E-state index contributed by atoms with van der Waals surface area (Å²) in [5, 5.41) is 8.65. The fourth-order valence-corrected chi connectivity index (χ4v) is 1.59. The third-order valence-electron chi connectivity index (χ3n) is 2.42. The molecule has 0 aromatic heterocycles. The molecule has 1 N–H and O–H groups in total. The fourth-order valence-electron chi connectivity index (χ4n) is 1.59. The molecule has 0 heterocycles. The largest absolute Gasteiger partial charge is 0.478 e. The SMILES string of the molecule is O=C(O)c1cc(F)c(-c2ccc(F)cc2)c(F)c1. The van der Waals surface area contributed by atoms with Crippen molar-refractivity contribution in [3.8, 4) is 11.1 Å². The number of carbonyl (C=O) groups is 1. The summed E-state index contributed by atoms with van der Waals surface area (Å²) in [6.07, 6.45) is 0. The van der Waals surface area contributed by atoms with Crippen molar-refractivity contribution in [2.45, 2.75) is 0 Å². The lowest BCUT2D eigenvalue weighted by molar-refractivity contribution is 0.0696. The number of carboxylic acids is 1. The predicted molar refractivity (Wildman–Crippen MR) is 58.7 cm³/mol. The van der Waals surface area contributed by atoms with Gasteiger partial charge in [-0.05, 0) is 29.8 Å². The minimum Gasteiger partial charge on any atom is -0.478 e. The summed E-state index contributed by atoms with van der Waals surface area (Å²) in [6, 6.07) is 6.03. The average molecular weight is 252 g/mol. The van der Waals surface area contributed by atoms with Crippen LogP contribution in [-0.2, 0) is 0 Å². The summed E-state index contributed by atoms with van der Waals surface area (Å²) in [6.45, 7) is 0. The van der Waals surface area contributed by atoms with Crippen molar-refractivity contribution >= 4 is 5.97 Å². The standard InChI is InChI=1S/C13H7F3O2/c14-9-3-1-7(2-4-9)12-10(15)5-8(13(17)18)6-11(12)16/h1-6H,(H,17,18). The van der Waals surface area contributed by atoms with Crippen molar-refractivity contribution in [1.29, 1.82) is 0 Å². The maximum absolute atomic E-state index is 13.7. The highest BCUT2D eigenvalue weighted by molar-refractivity contribution is 5.88. The Labute approximate surface area is 100 Å². The number of halogens is 3. The second-order valence-electron chi connectivity index (χ2n) is 3.63. The predicted octanol–water partition coefficient (Wildman–Crippen LogP) is 3.47. The molecule has 92 valence electrons. The van der Waals surface area contributed by atoms with E-state index in [-0.39, 0.29) is 11.1 Å². The number of rotatable bonds is 2. The Balaban J connectivity index is 2.58. The van der Waals surface area contributed by atoms with Gasteiger partial charge in [0.1, 0.15) is 17.5 Å². The summed E-state index contributed by atoms with van der Waals surface area (Å²) >= 11 is 0. The number of hydrogen-bond donors (Lipinski definition) is 1. The first-order chi connectivity index (χ1) is 8.49. The molecular formula is C13H7F3O2. The van der Waals surface area contributed by atoms with Crippen molar-refractivity contribution < 1.29 is 23.1 Å². The zero-order valence-electron chi connectivity index (χ0n) is 8.95. The van der Waals surface area contributed by atoms with Crippen LogP contribution in [0.2, 0.25) is 0 Å². The van der Waals surface area contributed by atoms with Crippen LogP contribution in [0.5, 0.6) is 0 Å². The van der Waals surface area contributed by atoms with Crippen molar-refractivity contribution in [1.82, 2.24) is 0 Å². The van der Waals surface area contributed by atoms with Crippen LogP contribution < -0.4 is 0 Å². The van der Waals surface area contributed by atoms with Crippen LogP contribution in [0.3, 0.4) is 0 Å². The summed E-state index contributed by atoms with van der Waals surface area (Å²) in [7, 11) is 0. The molecule has 2 nitrogen and oxygen atoms in total. The van der Waals surface area contributed by atoms with E-state index < -0.39 is 29.0 Å². The summed E-state index contributed by atoms with van der Waals surface area (Å²) in [5.74, 6) is -3.95. The van der Waals surface area contributed by atoms with Gasteiger partial charge in [-0.3, -0.25) is 0 Å². The topological polar surface area (TPSA) is 37.3 Å². The Bertz CT molecular complexity index is 583. The first-order valence-electron chi connectivity index (χ1n) is 4.97. The van der Waals surface area contributed by atoms with Crippen LogP contribution in [0.1, 0.15) is 10.4 Å². The molecule has 0 radical (unpaired) electrons. The van der Waals surface area contributed by atoms with E-state index >= 15 is 0 Å². The van der Waals surface area contributed by atoms with Gasteiger partial charge in [-0.2, -0.15) is 0 Å². The number of carboxylic acid groups (broad SMARTS) is 1. The van der Waals surface area contributed by atoms with Gasteiger partial charge in [0.15, 0.2) is 0 Å². The van der Waals surface area contributed by atoms with E-state index in [9.17, 15) is 18.0 Å². The van der Waals surface area contributed by atoms with Gasteiger partial charge in [0.05, 0.1) is 11.1 Å². The van der Waals surface area contributed by atoms with Crippen LogP contribution >= 0.6 is 0 Å². The quantitative estimate of drug-likeness (QED) is 0.888. The molecule has 2 aromatic carbocycles. The van der Waals surface area contributed by atoms with Gasteiger partial charge in [0.2, 0.25) is 0 Å². The van der Waals surface area contributed by atoms with Crippen molar-refractivity contribution in [3.05, 3.63) is 59.4 Å². The zero-order chi connectivity index (χ0) is 13.3. The molecule has 18 heavy (non-hydrogen) atoms. The lowest BCUT2D eigenvalue weighted by atomic mass is 10.0. The molecule has 5 heteroatoms. The summed E-state index contributed by atoms with van der Waals surface area (Å²) < 4.78 is 40.0. The van der Waals surface area contributed by atoms with Gasteiger partial charge in [0, 0.05) is 0 Å². The maximum Gasteiger partial charge on any atom is 0.335 e. The number of benzene rings is 2. The van der Waals surface area contributed by atoms with Crippen molar-refractivity contribution in [2.24, 2.45) is 0 Å². The Hall–Kier alpha value is -2.30. The van der Waals surface area contributed by atoms with Crippen LogP contribution in [0.15, 0.2) is 36.4 Å². The van der Waals surface area contributed by atoms with Gasteiger partial charge in [-0.1, -0.05) is 12.1 Å². The normalized spacial score (nSPS) is 10.4. The highest BCUT2D eigenvalue weighted by Crippen LogP contribution is 2.27. The Morgan fingerprint density at radius 1 is 0.944 bits per heavy atom. The molecule has 0 fully saturated rings. The van der Waals surface area contributed by atoms with Crippen LogP contribution in [0.25, 0.3) is 11.1 Å². The van der Waals surface area contributed by atoms with Gasteiger partial charge in [0.25, 0.3) is 0 Å². The van der Waals surface area contributed by atoms with E-state index in [4.69, 9.17) is 5.11 Å². The van der Waals surface area contributed by atoms with Crippen LogP contribution in [-0.4, -0.2) is 11.1 Å². The Kier molecular flexibility index (Phi) is 3.06. The lowest BCUT2D eigenvalue weighted by Crippen LogP contribution is -2.00. The molecule has 0 atom stereocenters. The van der Waals surface area contributed by atoms with E-state index in [2.05, 4.69) is 0 Å². The molecule has 0 aliphatic heterocycles. The fraction of sp³-hybridized carbons (Fsp3) is 0. The Morgan fingerprint density at radius 3 is 1.89 bits per heavy atom. The average Bonchev–Trinajstić information content (AvgIpc) is 2.30. The lowest BCUT2D eigenvalue weighted by Gasteiger charge is -2.06. The summed E-state index contributed by atoms with van der Waals surface area (Å²) in [5.41, 5.74) is -0.709. The molecule has 0 spiro atoms. The van der Waals surface area contributed by atoms with E-state index in [0.29, 0.717) is 0 Å². The highest BCUT2D eigenvalue weighted by Gasteiger charge is 2.16. The molecule has 2 aromatic rings. The van der Waals surface area contributed by atoms with E-state index in [1.54, 1.807) is 0 Å². The monoisotopic (exact) mass is 252 g/mol. The molecule has 0 aliphatic carbocycles. The molecular weight excluding hydrogens is 245 g/mol. The highest BCUT2D eigenvalue weighted by atomic mass is 19.1. The summed E-state index contributed by atoms with van der Waals surface area (Å²) in [4.78, 5) is 10.6. The number of hydrogen-bond acceptors (Lipinski definition) is 1. The Morgan fingerprint density at radius 2 is 1.44 bits per heavy atom. The third-order valence-corrected chi connectivity index (χ3v) is 2.42. The maximum atomic E-state index is 13.7. The van der Waals surface area contributed by atoms with Gasteiger partial charge in [-0.15, -0.1) is 0 Å². The molecule has 0 unspecified atom stereocenters. The van der Waals surface area contributed by atoms with Gasteiger partial charge >= 0.3 is 5.97 Å². The van der Waals surface area contributed by atoms with Crippen molar-refractivity contribution in [3.63, 3.8) is 0 Å². The molecule has 0 amide bonds. The second-order valence-corrected chi connectivity index (χ2v) is 3.63. The molecule has 2 rings (SSSR count).